The number of carbonyl (C=O) groups excluding carboxylic acids is 1. The Kier molecular flexibility index (Phi) is 4.91. The van der Waals surface area contributed by atoms with E-state index in [4.69, 9.17) is 5.73 Å². The standard InChI is InChI=1S/C22H27N5O/c1-22(2)8-3-9-27(22)14-18-10-17-13-24-20(11-19(17)25-18)26-21(28)16-6-4-15(12-23)5-7-16/h4-7,10-11,13,25H,3,8-9,12,14,23H2,1-2H3,(H,24,26,28). The number of nitrogens with zero attached hydrogens (tertiary/aromatic N) is 2. The van der Waals surface area contributed by atoms with E-state index >= 15 is 0 Å². The largest absolute Gasteiger partial charge is 0.357 e. The highest BCUT2D eigenvalue weighted by molar-refractivity contribution is 6.04. The minimum atomic E-state index is -0.180. The van der Waals surface area contributed by atoms with Crippen LogP contribution in [0.25, 0.3) is 10.9 Å². The van der Waals surface area contributed by atoms with Crippen LogP contribution in [0.2, 0.25) is 0 Å². The van der Waals surface area contributed by atoms with Gasteiger partial charge < -0.3 is 16.0 Å². The summed E-state index contributed by atoms with van der Waals surface area (Å²) in [6.07, 6.45) is 4.28. The predicted molar refractivity (Wildman–Crippen MR) is 112 cm³/mol. The van der Waals surface area contributed by atoms with Gasteiger partial charge in [0, 0.05) is 47.5 Å². The van der Waals surface area contributed by atoms with Crippen molar-refractivity contribution >= 4 is 22.6 Å². The molecule has 1 aliphatic heterocycles. The fourth-order valence-electron chi connectivity index (χ4n) is 3.88. The third-order valence-corrected chi connectivity index (χ3v) is 5.69. The molecule has 0 bridgehead atoms. The molecule has 28 heavy (non-hydrogen) atoms. The van der Waals surface area contributed by atoms with Crippen molar-refractivity contribution in [3.8, 4) is 0 Å². The number of amides is 1. The number of hydrogen-bond acceptors (Lipinski definition) is 4. The molecule has 1 aliphatic rings. The summed E-state index contributed by atoms with van der Waals surface area (Å²) in [6.45, 7) is 7.10. The van der Waals surface area contributed by atoms with Crippen LogP contribution in [0, 0.1) is 0 Å². The number of fused-ring (bicyclic) bond motifs is 1. The number of rotatable bonds is 5. The maximum atomic E-state index is 12.5. The zero-order valence-corrected chi connectivity index (χ0v) is 16.5. The van der Waals surface area contributed by atoms with Crippen LogP contribution in [0.1, 0.15) is 48.3 Å². The van der Waals surface area contributed by atoms with Crippen molar-refractivity contribution in [3.63, 3.8) is 0 Å². The Bertz CT molecular complexity index is 990. The quantitative estimate of drug-likeness (QED) is 0.633. The average Bonchev–Trinajstić information content (AvgIpc) is 3.23. The van der Waals surface area contributed by atoms with Crippen LogP contribution >= 0.6 is 0 Å². The van der Waals surface area contributed by atoms with E-state index in [9.17, 15) is 4.79 Å². The lowest BCUT2D eigenvalue weighted by Gasteiger charge is -2.31. The van der Waals surface area contributed by atoms with Crippen LogP contribution < -0.4 is 11.1 Å². The summed E-state index contributed by atoms with van der Waals surface area (Å²) in [4.78, 5) is 22.8. The number of anilines is 1. The number of hydrogen-bond donors (Lipinski definition) is 3. The topological polar surface area (TPSA) is 87.0 Å². The van der Waals surface area contributed by atoms with Gasteiger partial charge in [0.2, 0.25) is 0 Å². The van der Waals surface area contributed by atoms with Gasteiger partial charge in [0.1, 0.15) is 5.82 Å². The molecule has 1 amide bonds. The number of H-pyrrole nitrogens is 1. The van der Waals surface area contributed by atoms with E-state index in [-0.39, 0.29) is 11.4 Å². The molecule has 0 aliphatic carbocycles. The van der Waals surface area contributed by atoms with Gasteiger partial charge in [-0.25, -0.2) is 4.98 Å². The molecular formula is C22H27N5O. The lowest BCUT2D eigenvalue weighted by atomic mass is 10.0. The summed E-state index contributed by atoms with van der Waals surface area (Å²) in [5, 5.41) is 3.92. The molecule has 4 N–H and O–H groups in total. The molecule has 0 saturated carbocycles. The van der Waals surface area contributed by atoms with Crippen molar-refractivity contribution in [3.05, 3.63) is 59.4 Å². The molecule has 3 aromatic rings. The van der Waals surface area contributed by atoms with Gasteiger partial charge in [0.25, 0.3) is 5.91 Å². The van der Waals surface area contributed by atoms with Crippen LogP contribution in [0.5, 0.6) is 0 Å². The number of nitrogens with two attached hydrogens (primary N) is 1. The van der Waals surface area contributed by atoms with E-state index in [1.54, 1.807) is 18.3 Å². The fraction of sp³-hybridized carbons (Fsp3) is 0.364. The Labute approximate surface area is 165 Å². The van der Waals surface area contributed by atoms with Gasteiger partial charge in [-0.15, -0.1) is 0 Å². The molecule has 2 aromatic heterocycles. The number of aromatic nitrogens is 2. The number of pyridine rings is 1. The minimum absolute atomic E-state index is 0.180. The normalized spacial score (nSPS) is 16.5. The zero-order chi connectivity index (χ0) is 19.7. The van der Waals surface area contributed by atoms with Gasteiger partial charge in [-0.2, -0.15) is 0 Å². The monoisotopic (exact) mass is 377 g/mol. The number of aromatic amines is 1. The molecule has 0 atom stereocenters. The molecule has 6 heteroatoms. The maximum Gasteiger partial charge on any atom is 0.256 e. The summed E-state index contributed by atoms with van der Waals surface area (Å²) in [5.74, 6) is 0.358. The molecule has 1 saturated heterocycles. The van der Waals surface area contributed by atoms with E-state index in [1.807, 2.05) is 18.2 Å². The van der Waals surface area contributed by atoms with Gasteiger partial charge in [-0.05, 0) is 57.0 Å². The maximum absolute atomic E-state index is 12.5. The number of benzene rings is 1. The van der Waals surface area contributed by atoms with Crippen LogP contribution in [0.15, 0.2) is 42.6 Å². The van der Waals surface area contributed by atoms with Crippen molar-refractivity contribution in [2.75, 3.05) is 11.9 Å². The molecule has 1 aromatic carbocycles. The second-order valence-electron chi connectivity index (χ2n) is 8.14. The minimum Gasteiger partial charge on any atom is -0.357 e. The highest BCUT2D eigenvalue weighted by atomic mass is 16.1. The Morgan fingerprint density at radius 3 is 2.75 bits per heavy atom. The number of likely N-dealkylation sites (tertiary alicyclic amines) is 1. The predicted octanol–water partition coefficient (Wildman–Crippen LogP) is 3.65. The van der Waals surface area contributed by atoms with Gasteiger partial charge in [-0.1, -0.05) is 12.1 Å². The Hall–Kier alpha value is -2.70. The van der Waals surface area contributed by atoms with Crippen LogP contribution in [-0.2, 0) is 13.1 Å². The van der Waals surface area contributed by atoms with Crippen molar-refractivity contribution in [2.45, 2.75) is 45.3 Å². The lowest BCUT2D eigenvalue weighted by Crippen LogP contribution is -2.37. The third kappa shape index (κ3) is 3.79. The molecule has 6 nitrogen and oxygen atoms in total. The summed E-state index contributed by atoms with van der Waals surface area (Å²) >= 11 is 0. The summed E-state index contributed by atoms with van der Waals surface area (Å²) < 4.78 is 0. The molecule has 4 rings (SSSR count). The first-order chi connectivity index (χ1) is 13.4. The molecular weight excluding hydrogens is 350 g/mol. The summed E-state index contributed by atoms with van der Waals surface area (Å²) in [5.41, 5.74) is 9.59. The van der Waals surface area contributed by atoms with Gasteiger partial charge in [-0.3, -0.25) is 9.69 Å². The van der Waals surface area contributed by atoms with Gasteiger partial charge in [0.05, 0.1) is 5.52 Å². The zero-order valence-electron chi connectivity index (χ0n) is 16.5. The first kappa shape index (κ1) is 18.7. The first-order valence-electron chi connectivity index (χ1n) is 9.78. The van der Waals surface area contributed by atoms with E-state index in [0.717, 1.165) is 29.6 Å². The van der Waals surface area contributed by atoms with E-state index in [2.05, 4.69) is 40.1 Å². The molecule has 146 valence electrons. The van der Waals surface area contributed by atoms with Crippen molar-refractivity contribution in [2.24, 2.45) is 5.73 Å². The molecule has 3 heterocycles. The van der Waals surface area contributed by atoms with E-state index in [0.29, 0.717) is 17.9 Å². The lowest BCUT2D eigenvalue weighted by molar-refractivity contribution is 0.102. The molecule has 0 radical (unpaired) electrons. The first-order valence-corrected chi connectivity index (χ1v) is 9.78. The molecule has 0 spiro atoms. The summed E-state index contributed by atoms with van der Waals surface area (Å²) in [6, 6.07) is 11.3. The summed E-state index contributed by atoms with van der Waals surface area (Å²) in [7, 11) is 0. The van der Waals surface area contributed by atoms with Gasteiger partial charge >= 0.3 is 0 Å². The molecule has 1 fully saturated rings. The van der Waals surface area contributed by atoms with E-state index in [1.165, 1.54) is 18.5 Å². The van der Waals surface area contributed by atoms with Crippen LogP contribution in [0.4, 0.5) is 5.82 Å². The second-order valence-corrected chi connectivity index (χ2v) is 8.14. The number of nitrogens with one attached hydrogen (secondary N) is 2. The highest BCUT2D eigenvalue weighted by Gasteiger charge is 2.31. The van der Waals surface area contributed by atoms with Crippen molar-refractivity contribution in [1.82, 2.24) is 14.9 Å². The average molecular weight is 377 g/mol. The smallest absolute Gasteiger partial charge is 0.256 e. The Morgan fingerprint density at radius 1 is 1.29 bits per heavy atom. The fourth-order valence-corrected chi connectivity index (χ4v) is 3.88. The van der Waals surface area contributed by atoms with Gasteiger partial charge in [0.15, 0.2) is 0 Å². The van der Waals surface area contributed by atoms with Crippen LogP contribution in [-0.4, -0.2) is 32.9 Å². The van der Waals surface area contributed by atoms with Crippen molar-refractivity contribution < 1.29 is 4.79 Å². The van der Waals surface area contributed by atoms with Crippen LogP contribution in [0.3, 0.4) is 0 Å². The molecule has 0 unspecified atom stereocenters. The number of carbonyl (C=O) groups is 1. The van der Waals surface area contributed by atoms with E-state index < -0.39 is 0 Å². The highest BCUT2D eigenvalue weighted by Crippen LogP contribution is 2.30. The second kappa shape index (κ2) is 7.37. The Balaban J connectivity index is 1.49. The third-order valence-electron chi connectivity index (χ3n) is 5.69. The Morgan fingerprint density at radius 2 is 2.07 bits per heavy atom. The SMILES string of the molecule is CC1(C)CCCN1Cc1cc2cnc(NC(=O)c3ccc(CN)cc3)cc2[nH]1. The van der Waals surface area contributed by atoms with Crippen molar-refractivity contribution in [1.29, 1.82) is 0 Å².